The maximum atomic E-state index is 5.74. The maximum Gasteiger partial charge on any atom is 0.181 e. The highest BCUT2D eigenvalue weighted by atomic mass is 79.9. The average molecular weight is 317 g/mol. The van der Waals surface area contributed by atoms with Crippen molar-refractivity contribution in [2.75, 3.05) is 5.73 Å². The molecule has 7 heteroatoms. The van der Waals surface area contributed by atoms with Crippen LogP contribution in [0.5, 0.6) is 0 Å². The highest BCUT2D eigenvalue weighted by Gasteiger charge is 2.09. The molecular weight excluding hydrogens is 308 g/mol. The lowest BCUT2D eigenvalue weighted by Crippen LogP contribution is -1.88. The Kier molecular flexibility index (Phi) is 2.96. The van der Waals surface area contributed by atoms with Gasteiger partial charge in [-0.1, -0.05) is 12.1 Å². The van der Waals surface area contributed by atoms with Crippen LogP contribution in [0.2, 0.25) is 0 Å². The van der Waals surface area contributed by atoms with Gasteiger partial charge in [0.2, 0.25) is 0 Å². The maximum absolute atomic E-state index is 5.74. The van der Waals surface area contributed by atoms with Gasteiger partial charge in [-0.2, -0.15) is 5.10 Å². The number of aromatic amines is 1. The minimum Gasteiger partial charge on any atom is -0.399 e. The molecule has 0 aliphatic heterocycles. The molecule has 0 atom stereocenters. The van der Waals surface area contributed by atoms with E-state index in [9.17, 15) is 0 Å². The number of halogens is 1. The second-order valence-electron chi connectivity index (χ2n) is 3.86. The van der Waals surface area contributed by atoms with Crippen LogP contribution >= 0.6 is 15.9 Å². The molecule has 0 spiro atoms. The molecule has 0 aliphatic carbocycles. The first-order valence-corrected chi connectivity index (χ1v) is 6.28. The minimum atomic E-state index is 0.561. The Morgan fingerprint density at radius 2 is 2.05 bits per heavy atom. The lowest BCUT2D eigenvalue weighted by molar-refractivity contribution is 1.07. The Morgan fingerprint density at radius 3 is 2.84 bits per heavy atom. The summed E-state index contributed by atoms with van der Waals surface area (Å²) in [5.41, 5.74) is 7.89. The summed E-state index contributed by atoms with van der Waals surface area (Å²) in [7, 11) is 0. The van der Waals surface area contributed by atoms with E-state index in [0.717, 1.165) is 5.56 Å². The fraction of sp³-hybridized carbons (Fsp3) is 0. The first-order valence-electron chi connectivity index (χ1n) is 5.48. The van der Waals surface area contributed by atoms with Gasteiger partial charge in [0.25, 0.3) is 0 Å². The van der Waals surface area contributed by atoms with Crippen LogP contribution < -0.4 is 5.73 Å². The van der Waals surface area contributed by atoms with Gasteiger partial charge in [-0.05, 0) is 28.1 Å². The number of anilines is 1. The highest BCUT2D eigenvalue weighted by Crippen LogP contribution is 2.20. The summed E-state index contributed by atoms with van der Waals surface area (Å²) in [6, 6.07) is 7.39. The van der Waals surface area contributed by atoms with Gasteiger partial charge in [-0.25, -0.2) is 9.97 Å². The summed E-state index contributed by atoms with van der Waals surface area (Å²) in [6.45, 7) is 0. The Balaban J connectivity index is 2.00. The fourth-order valence-corrected chi connectivity index (χ4v) is 1.95. The predicted molar refractivity (Wildman–Crippen MR) is 75.0 cm³/mol. The van der Waals surface area contributed by atoms with Crippen molar-refractivity contribution in [3.63, 3.8) is 0 Å². The monoisotopic (exact) mass is 316 g/mol. The Bertz CT molecular complexity index is 663. The van der Waals surface area contributed by atoms with Crippen LogP contribution in [-0.4, -0.2) is 25.1 Å². The zero-order chi connectivity index (χ0) is 13.2. The van der Waals surface area contributed by atoms with Gasteiger partial charge in [0.1, 0.15) is 10.3 Å². The van der Waals surface area contributed by atoms with Crippen molar-refractivity contribution in [2.45, 2.75) is 0 Å². The van der Waals surface area contributed by atoms with E-state index in [2.05, 4.69) is 41.1 Å². The molecule has 0 radical (unpaired) electrons. The summed E-state index contributed by atoms with van der Waals surface area (Å²) in [5.74, 6) is 1.13. The standard InChI is InChI=1S/C12H9BrN6/c13-10-6-15-5-9(16-10)12-17-11(18-19-12)7-2-1-3-8(14)4-7/h1-6H,14H2,(H,17,18,19). The number of nitrogens with two attached hydrogens (primary N) is 1. The summed E-state index contributed by atoms with van der Waals surface area (Å²) < 4.78 is 0.645. The third-order valence-corrected chi connectivity index (χ3v) is 2.86. The fourth-order valence-electron chi connectivity index (χ4n) is 1.64. The Labute approximate surface area is 117 Å². The third kappa shape index (κ3) is 2.45. The SMILES string of the molecule is Nc1cccc(-c2n[nH]c(-c3cncc(Br)n3)n2)c1. The zero-order valence-electron chi connectivity index (χ0n) is 9.71. The van der Waals surface area contributed by atoms with Crippen LogP contribution in [0.3, 0.4) is 0 Å². The Hall–Kier alpha value is -2.28. The number of nitrogen functional groups attached to an aromatic ring is 1. The van der Waals surface area contributed by atoms with Crippen LogP contribution in [-0.2, 0) is 0 Å². The van der Waals surface area contributed by atoms with Gasteiger partial charge in [-0.15, -0.1) is 0 Å². The number of hydrogen-bond acceptors (Lipinski definition) is 5. The number of nitrogens with one attached hydrogen (secondary N) is 1. The molecule has 0 saturated carbocycles. The van der Waals surface area contributed by atoms with E-state index in [4.69, 9.17) is 5.73 Å². The molecule has 0 bridgehead atoms. The first-order chi connectivity index (χ1) is 9.22. The van der Waals surface area contributed by atoms with Crippen molar-refractivity contribution in [1.82, 2.24) is 25.1 Å². The molecule has 0 amide bonds. The second kappa shape index (κ2) is 4.77. The molecule has 1 aromatic carbocycles. The number of H-pyrrole nitrogens is 1. The third-order valence-electron chi connectivity index (χ3n) is 2.48. The lowest BCUT2D eigenvalue weighted by atomic mass is 10.2. The molecular formula is C12H9BrN6. The highest BCUT2D eigenvalue weighted by molar-refractivity contribution is 9.10. The van der Waals surface area contributed by atoms with Crippen LogP contribution in [0.4, 0.5) is 5.69 Å². The van der Waals surface area contributed by atoms with E-state index in [0.29, 0.717) is 27.6 Å². The smallest absolute Gasteiger partial charge is 0.181 e. The Morgan fingerprint density at radius 1 is 1.16 bits per heavy atom. The summed E-state index contributed by atoms with van der Waals surface area (Å²) >= 11 is 3.27. The van der Waals surface area contributed by atoms with Crippen LogP contribution in [0.15, 0.2) is 41.3 Å². The van der Waals surface area contributed by atoms with Crippen molar-refractivity contribution in [2.24, 2.45) is 0 Å². The molecule has 0 unspecified atom stereocenters. The van der Waals surface area contributed by atoms with Gasteiger partial charge < -0.3 is 5.73 Å². The van der Waals surface area contributed by atoms with E-state index in [1.165, 1.54) is 0 Å². The van der Waals surface area contributed by atoms with Gasteiger partial charge in [0.05, 0.1) is 12.4 Å². The summed E-state index contributed by atoms with van der Waals surface area (Å²) in [5, 5.41) is 7.00. The number of nitrogens with zero attached hydrogens (tertiary/aromatic N) is 4. The topological polar surface area (TPSA) is 93.4 Å². The molecule has 3 rings (SSSR count). The summed E-state index contributed by atoms with van der Waals surface area (Å²) in [6.07, 6.45) is 3.23. The molecule has 3 aromatic rings. The number of benzene rings is 1. The molecule has 2 aromatic heterocycles. The van der Waals surface area contributed by atoms with E-state index >= 15 is 0 Å². The van der Waals surface area contributed by atoms with Crippen molar-refractivity contribution >= 4 is 21.6 Å². The van der Waals surface area contributed by atoms with Gasteiger partial charge in [0, 0.05) is 11.3 Å². The summed E-state index contributed by atoms with van der Waals surface area (Å²) in [4.78, 5) is 12.7. The molecule has 2 heterocycles. The quantitative estimate of drug-likeness (QED) is 0.707. The molecule has 0 fully saturated rings. The lowest BCUT2D eigenvalue weighted by Gasteiger charge is -1.96. The molecule has 19 heavy (non-hydrogen) atoms. The van der Waals surface area contributed by atoms with E-state index < -0.39 is 0 Å². The van der Waals surface area contributed by atoms with Gasteiger partial charge in [-0.3, -0.25) is 10.1 Å². The molecule has 94 valence electrons. The minimum absolute atomic E-state index is 0.561. The van der Waals surface area contributed by atoms with Crippen LogP contribution in [0.25, 0.3) is 22.9 Å². The first kappa shape index (κ1) is 11.8. The van der Waals surface area contributed by atoms with Crippen LogP contribution in [0, 0.1) is 0 Å². The molecule has 6 nitrogen and oxygen atoms in total. The van der Waals surface area contributed by atoms with Crippen LogP contribution in [0.1, 0.15) is 0 Å². The van der Waals surface area contributed by atoms with Crippen molar-refractivity contribution in [1.29, 1.82) is 0 Å². The van der Waals surface area contributed by atoms with Gasteiger partial charge in [0.15, 0.2) is 11.6 Å². The number of rotatable bonds is 2. The van der Waals surface area contributed by atoms with Crippen molar-refractivity contribution in [3.05, 3.63) is 41.3 Å². The van der Waals surface area contributed by atoms with E-state index in [1.807, 2.05) is 24.3 Å². The normalized spacial score (nSPS) is 10.6. The second-order valence-corrected chi connectivity index (χ2v) is 4.67. The van der Waals surface area contributed by atoms with E-state index in [1.54, 1.807) is 12.4 Å². The number of aromatic nitrogens is 5. The zero-order valence-corrected chi connectivity index (χ0v) is 11.3. The molecule has 0 aliphatic rings. The largest absolute Gasteiger partial charge is 0.399 e. The number of hydrogen-bond donors (Lipinski definition) is 2. The predicted octanol–water partition coefficient (Wildman–Crippen LogP) is 2.27. The van der Waals surface area contributed by atoms with Crippen molar-refractivity contribution in [3.8, 4) is 22.9 Å². The van der Waals surface area contributed by atoms with Crippen molar-refractivity contribution < 1.29 is 0 Å². The molecule has 3 N–H and O–H groups in total. The van der Waals surface area contributed by atoms with E-state index in [-0.39, 0.29) is 0 Å². The average Bonchev–Trinajstić information content (AvgIpc) is 2.88. The van der Waals surface area contributed by atoms with Gasteiger partial charge >= 0.3 is 0 Å². The molecule has 0 saturated heterocycles.